The van der Waals surface area contributed by atoms with E-state index in [0.29, 0.717) is 6.54 Å². The first-order valence-electron chi connectivity index (χ1n) is 5.93. The van der Waals surface area contributed by atoms with Gasteiger partial charge in [0, 0.05) is 13.6 Å². The first-order valence-corrected chi connectivity index (χ1v) is 5.93. The van der Waals surface area contributed by atoms with Crippen molar-refractivity contribution in [1.29, 1.82) is 5.26 Å². The first kappa shape index (κ1) is 14.2. The Hall–Kier alpha value is -3.22. The zero-order chi connectivity index (χ0) is 15.6. The molecule has 0 aliphatic rings. The summed E-state index contributed by atoms with van der Waals surface area (Å²) in [6, 6.07) is 1.87. The third-order valence-electron chi connectivity index (χ3n) is 2.77. The molecule has 0 saturated heterocycles. The Bertz CT molecular complexity index is 752. The van der Waals surface area contributed by atoms with E-state index in [9.17, 15) is 14.9 Å². The number of carbonyl (C=O) groups excluding carboxylic acids is 1. The van der Waals surface area contributed by atoms with Crippen LogP contribution in [-0.4, -0.2) is 30.4 Å². The number of aromatic nitrogens is 4. The number of rotatable bonds is 4. The molecule has 0 fully saturated rings. The molecule has 21 heavy (non-hydrogen) atoms. The van der Waals surface area contributed by atoms with Crippen LogP contribution in [0.5, 0.6) is 0 Å². The van der Waals surface area contributed by atoms with Gasteiger partial charge in [0.25, 0.3) is 5.91 Å². The maximum Gasteiger partial charge on any atom is 0.320 e. The maximum atomic E-state index is 12.1. The number of nitrogens with zero attached hydrogens (tertiary/aromatic N) is 6. The van der Waals surface area contributed by atoms with Crippen LogP contribution in [0.4, 0.5) is 11.5 Å². The third-order valence-corrected chi connectivity index (χ3v) is 2.77. The molecule has 0 aromatic carbocycles. The van der Waals surface area contributed by atoms with Gasteiger partial charge in [-0.1, -0.05) is 0 Å². The summed E-state index contributed by atoms with van der Waals surface area (Å²) in [6.45, 7) is 2.14. The molecule has 0 unspecified atom stereocenters. The third kappa shape index (κ3) is 2.57. The minimum Gasteiger partial charge on any atom is -0.304 e. The zero-order valence-corrected chi connectivity index (χ0v) is 11.3. The molecule has 2 rings (SSSR count). The zero-order valence-electron chi connectivity index (χ0n) is 11.3. The smallest absolute Gasteiger partial charge is 0.304 e. The van der Waals surface area contributed by atoms with Crippen molar-refractivity contribution in [3.63, 3.8) is 0 Å². The summed E-state index contributed by atoms with van der Waals surface area (Å²) >= 11 is 0. The average molecular weight is 289 g/mol. The SMILES string of the molecule is CCn1cc([N+](=O)[O-])c(C(=O)Nc2c(C#N)cnn2C)n1. The van der Waals surface area contributed by atoms with Crippen molar-refractivity contribution in [2.45, 2.75) is 13.5 Å². The number of hydrogen-bond acceptors (Lipinski definition) is 6. The molecule has 10 nitrogen and oxygen atoms in total. The van der Waals surface area contributed by atoms with E-state index in [-0.39, 0.29) is 17.1 Å². The average Bonchev–Trinajstić information content (AvgIpc) is 3.03. The van der Waals surface area contributed by atoms with Gasteiger partial charge in [-0.15, -0.1) is 0 Å². The van der Waals surface area contributed by atoms with E-state index in [1.54, 1.807) is 6.92 Å². The molecule has 108 valence electrons. The normalized spacial score (nSPS) is 10.1. The molecule has 0 saturated carbocycles. The number of nitrogens with one attached hydrogen (secondary N) is 1. The number of aryl methyl sites for hydroxylation is 2. The molecule has 2 aromatic heterocycles. The summed E-state index contributed by atoms with van der Waals surface area (Å²) in [5.74, 6) is -0.614. The molecule has 10 heteroatoms. The van der Waals surface area contributed by atoms with E-state index in [0.717, 1.165) is 0 Å². The van der Waals surface area contributed by atoms with Crippen LogP contribution in [0.15, 0.2) is 12.4 Å². The summed E-state index contributed by atoms with van der Waals surface area (Å²) in [5, 5.41) is 30.0. The quantitative estimate of drug-likeness (QED) is 0.649. The van der Waals surface area contributed by atoms with Gasteiger partial charge in [-0.2, -0.15) is 15.5 Å². The Morgan fingerprint density at radius 1 is 1.62 bits per heavy atom. The van der Waals surface area contributed by atoms with Crippen LogP contribution in [0.3, 0.4) is 0 Å². The highest BCUT2D eigenvalue weighted by molar-refractivity contribution is 6.05. The molecule has 1 amide bonds. The molecule has 0 radical (unpaired) electrons. The van der Waals surface area contributed by atoms with Gasteiger partial charge in [0.1, 0.15) is 23.6 Å². The molecule has 0 atom stereocenters. The number of amides is 1. The Labute approximate surface area is 118 Å². The van der Waals surface area contributed by atoms with E-state index in [2.05, 4.69) is 15.5 Å². The topological polar surface area (TPSA) is 132 Å². The highest BCUT2D eigenvalue weighted by atomic mass is 16.6. The molecule has 0 aliphatic carbocycles. The predicted octanol–water partition coefficient (Wildman–Crippen LogP) is 0.669. The fourth-order valence-electron chi connectivity index (χ4n) is 1.70. The Morgan fingerprint density at radius 2 is 2.33 bits per heavy atom. The van der Waals surface area contributed by atoms with Crippen LogP contribution in [0.1, 0.15) is 23.0 Å². The van der Waals surface area contributed by atoms with Crippen LogP contribution in [0.2, 0.25) is 0 Å². The van der Waals surface area contributed by atoms with E-state index in [4.69, 9.17) is 5.26 Å². The van der Waals surface area contributed by atoms with Gasteiger partial charge < -0.3 is 5.32 Å². The van der Waals surface area contributed by atoms with Gasteiger partial charge >= 0.3 is 5.69 Å². The van der Waals surface area contributed by atoms with Crippen LogP contribution in [0, 0.1) is 21.4 Å². The minimum atomic E-state index is -0.769. The molecular weight excluding hydrogens is 278 g/mol. The summed E-state index contributed by atoms with van der Waals surface area (Å²) in [7, 11) is 1.54. The van der Waals surface area contributed by atoms with E-state index in [1.165, 1.54) is 28.8 Å². The molecule has 2 heterocycles. The van der Waals surface area contributed by atoms with Crippen molar-refractivity contribution in [3.8, 4) is 6.07 Å². The lowest BCUT2D eigenvalue weighted by molar-refractivity contribution is -0.385. The summed E-state index contributed by atoms with van der Waals surface area (Å²) < 4.78 is 2.58. The molecule has 2 aromatic rings. The van der Waals surface area contributed by atoms with Gasteiger partial charge in [-0.05, 0) is 6.92 Å². The summed E-state index contributed by atoms with van der Waals surface area (Å²) in [6.07, 6.45) is 2.47. The molecule has 0 spiro atoms. The number of nitriles is 1. The number of carbonyl (C=O) groups is 1. The largest absolute Gasteiger partial charge is 0.320 e. The van der Waals surface area contributed by atoms with E-state index < -0.39 is 16.5 Å². The van der Waals surface area contributed by atoms with Crippen LogP contribution in [0.25, 0.3) is 0 Å². The second-order valence-electron chi connectivity index (χ2n) is 4.07. The maximum absolute atomic E-state index is 12.1. The lowest BCUT2D eigenvalue weighted by Crippen LogP contribution is -2.17. The monoisotopic (exact) mass is 289 g/mol. The number of nitro groups is 1. The lowest BCUT2D eigenvalue weighted by atomic mass is 10.3. The fraction of sp³-hybridized carbons (Fsp3) is 0.273. The van der Waals surface area contributed by atoms with Crippen molar-refractivity contribution in [2.24, 2.45) is 7.05 Å². The number of hydrogen-bond donors (Lipinski definition) is 1. The van der Waals surface area contributed by atoms with E-state index in [1.807, 2.05) is 6.07 Å². The van der Waals surface area contributed by atoms with Crippen molar-refractivity contribution in [1.82, 2.24) is 19.6 Å². The summed E-state index contributed by atoms with van der Waals surface area (Å²) in [4.78, 5) is 22.4. The van der Waals surface area contributed by atoms with Gasteiger partial charge in [-0.25, -0.2) is 0 Å². The molecule has 0 bridgehead atoms. The number of anilines is 1. The highest BCUT2D eigenvalue weighted by Crippen LogP contribution is 2.19. The van der Waals surface area contributed by atoms with Crippen molar-refractivity contribution >= 4 is 17.4 Å². The lowest BCUT2D eigenvalue weighted by Gasteiger charge is -2.03. The second kappa shape index (κ2) is 5.41. The Kier molecular flexibility index (Phi) is 3.66. The summed E-state index contributed by atoms with van der Waals surface area (Å²) in [5.41, 5.74) is -0.551. The predicted molar refractivity (Wildman–Crippen MR) is 70.4 cm³/mol. The first-order chi connectivity index (χ1) is 9.97. The van der Waals surface area contributed by atoms with Crippen LogP contribution >= 0.6 is 0 Å². The van der Waals surface area contributed by atoms with Gasteiger partial charge in [0.15, 0.2) is 0 Å². The van der Waals surface area contributed by atoms with Crippen molar-refractivity contribution in [2.75, 3.05) is 5.32 Å². The molecular formula is C11H11N7O3. The Morgan fingerprint density at radius 3 is 2.90 bits per heavy atom. The molecule has 1 N–H and O–H groups in total. The molecule has 0 aliphatic heterocycles. The van der Waals surface area contributed by atoms with Gasteiger partial charge in [0.05, 0.1) is 11.1 Å². The van der Waals surface area contributed by atoms with Crippen molar-refractivity contribution < 1.29 is 9.72 Å². The van der Waals surface area contributed by atoms with Crippen molar-refractivity contribution in [3.05, 3.63) is 33.8 Å². The standard InChI is InChI=1S/C11H11N7O3/c1-3-17-6-8(18(20)21)9(15-17)11(19)14-10-7(4-12)5-13-16(10)2/h5-6H,3H2,1-2H3,(H,14,19). The minimum absolute atomic E-state index is 0.155. The highest BCUT2D eigenvalue weighted by Gasteiger charge is 2.26. The fourth-order valence-corrected chi connectivity index (χ4v) is 1.70. The van der Waals surface area contributed by atoms with Crippen LogP contribution < -0.4 is 5.32 Å². The van der Waals surface area contributed by atoms with Gasteiger partial charge in [0.2, 0.25) is 5.69 Å². The van der Waals surface area contributed by atoms with Crippen LogP contribution in [-0.2, 0) is 13.6 Å². The Balaban J connectivity index is 2.37. The van der Waals surface area contributed by atoms with Gasteiger partial charge in [-0.3, -0.25) is 24.3 Å². The second-order valence-corrected chi connectivity index (χ2v) is 4.07. The van der Waals surface area contributed by atoms with E-state index >= 15 is 0 Å².